The first-order valence-electron chi connectivity index (χ1n) is 9.47. The first-order valence-corrected chi connectivity index (χ1v) is 9.47. The lowest BCUT2D eigenvalue weighted by Crippen LogP contribution is -2.57. The Morgan fingerprint density at radius 3 is 2.56 bits per heavy atom. The van der Waals surface area contributed by atoms with Crippen molar-refractivity contribution in [3.05, 3.63) is 59.8 Å². The number of piperidine rings is 1. The van der Waals surface area contributed by atoms with Crippen LogP contribution in [0.15, 0.2) is 48.7 Å². The Morgan fingerprint density at radius 1 is 1.07 bits per heavy atom. The number of nitrogens with zero attached hydrogens (tertiary/aromatic N) is 2. The second kappa shape index (κ2) is 6.82. The van der Waals surface area contributed by atoms with E-state index in [9.17, 15) is 18.3 Å². The molecule has 0 spiro atoms. The monoisotopic (exact) mass is 376 g/mol. The molecular formula is C21H23F3N2O. The van der Waals surface area contributed by atoms with Gasteiger partial charge < -0.3 is 10.0 Å². The van der Waals surface area contributed by atoms with E-state index in [0.717, 1.165) is 43.4 Å². The van der Waals surface area contributed by atoms with Gasteiger partial charge in [-0.15, -0.1) is 0 Å². The molecule has 2 aromatic rings. The average Bonchev–Trinajstić information content (AvgIpc) is 2.69. The molecule has 2 aliphatic rings. The topological polar surface area (TPSA) is 36.4 Å². The van der Waals surface area contributed by atoms with E-state index in [1.54, 1.807) is 0 Å². The fourth-order valence-corrected chi connectivity index (χ4v) is 4.80. The van der Waals surface area contributed by atoms with E-state index < -0.39 is 17.3 Å². The molecule has 1 aromatic carbocycles. The minimum absolute atomic E-state index is 0.00584. The van der Waals surface area contributed by atoms with Crippen LogP contribution in [-0.4, -0.2) is 22.7 Å². The van der Waals surface area contributed by atoms with Crippen LogP contribution in [0.5, 0.6) is 0 Å². The van der Waals surface area contributed by atoms with Crippen LogP contribution in [-0.2, 0) is 11.8 Å². The Labute approximate surface area is 156 Å². The summed E-state index contributed by atoms with van der Waals surface area (Å²) in [5, 5.41) is 11.6. The van der Waals surface area contributed by atoms with Crippen molar-refractivity contribution < 1.29 is 18.3 Å². The van der Waals surface area contributed by atoms with Crippen molar-refractivity contribution in [2.24, 2.45) is 5.92 Å². The van der Waals surface area contributed by atoms with Gasteiger partial charge in [-0.2, -0.15) is 13.2 Å². The van der Waals surface area contributed by atoms with Gasteiger partial charge in [-0.05, 0) is 37.0 Å². The Bertz CT molecular complexity index is 796. The van der Waals surface area contributed by atoms with Gasteiger partial charge in [-0.3, -0.25) is 0 Å². The summed E-state index contributed by atoms with van der Waals surface area (Å²) in [5.74, 6) is 0.343. The standard InChI is InChI=1S/C21H23F3N2O/c22-21(23,24)16-10-12-25-19(14-16)26-13-11-20(27,15-6-2-1-3-7-15)17-8-4-5-9-18(17)26/h1-3,6-7,10,12,14,17-18,27H,4-5,8-9,11,13H2/t17-,18+,20?/m0/s1. The molecule has 1 aliphatic heterocycles. The van der Waals surface area contributed by atoms with E-state index in [-0.39, 0.29) is 12.0 Å². The normalized spacial score (nSPS) is 28.7. The highest BCUT2D eigenvalue weighted by atomic mass is 19.4. The van der Waals surface area contributed by atoms with Crippen molar-refractivity contribution in [2.45, 2.75) is 49.9 Å². The van der Waals surface area contributed by atoms with Crippen molar-refractivity contribution in [1.82, 2.24) is 4.98 Å². The molecule has 2 fully saturated rings. The van der Waals surface area contributed by atoms with Crippen molar-refractivity contribution in [3.63, 3.8) is 0 Å². The zero-order valence-electron chi connectivity index (χ0n) is 15.0. The number of hydrogen-bond acceptors (Lipinski definition) is 3. The summed E-state index contributed by atoms with van der Waals surface area (Å²) in [6.45, 7) is 0.487. The molecule has 1 aromatic heterocycles. The summed E-state index contributed by atoms with van der Waals surface area (Å²) in [7, 11) is 0. The molecule has 1 aliphatic carbocycles. The van der Waals surface area contributed by atoms with Gasteiger partial charge in [0.1, 0.15) is 5.82 Å². The first-order chi connectivity index (χ1) is 12.9. The molecular weight excluding hydrogens is 353 g/mol. The second-order valence-corrected chi connectivity index (χ2v) is 7.59. The zero-order valence-corrected chi connectivity index (χ0v) is 15.0. The molecule has 27 heavy (non-hydrogen) atoms. The van der Waals surface area contributed by atoms with Crippen LogP contribution < -0.4 is 4.90 Å². The van der Waals surface area contributed by atoms with Crippen LogP contribution in [0.4, 0.5) is 19.0 Å². The smallest absolute Gasteiger partial charge is 0.385 e. The predicted octanol–water partition coefficient (Wildman–Crippen LogP) is 4.76. The minimum atomic E-state index is -4.38. The number of aliphatic hydroxyl groups is 1. The van der Waals surface area contributed by atoms with Gasteiger partial charge in [0.15, 0.2) is 0 Å². The Kier molecular flexibility index (Phi) is 4.62. The third-order valence-electron chi connectivity index (χ3n) is 6.12. The summed E-state index contributed by atoms with van der Waals surface area (Å²) in [6.07, 6.45) is 1.10. The van der Waals surface area contributed by atoms with E-state index >= 15 is 0 Å². The lowest BCUT2D eigenvalue weighted by atomic mass is 9.66. The Morgan fingerprint density at radius 2 is 1.81 bits per heavy atom. The van der Waals surface area contributed by atoms with Crippen LogP contribution in [0.1, 0.15) is 43.2 Å². The summed E-state index contributed by atoms with van der Waals surface area (Å²) < 4.78 is 39.4. The molecule has 3 nitrogen and oxygen atoms in total. The Hall–Kier alpha value is -2.08. The summed E-state index contributed by atoms with van der Waals surface area (Å²) in [4.78, 5) is 6.22. The highest BCUT2D eigenvalue weighted by Crippen LogP contribution is 2.48. The van der Waals surface area contributed by atoms with Crippen LogP contribution >= 0.6 is 0 Å². The molecule has 2 heterocycles. The highest BCUT2D eigenvalue weighted by molar-refractivity contribution is 5.45. The molecule has 6 heteroatoms. The van der Waals surface area contributed by atoms with Gasteiger partial charge in [-0.1, -0.05) is 43.2 Å². The fraction of sp³-hybridized carbons (Fsp3) is 0.476. The molecule has 144 valence electrons. The number of hydrogen-bond donors (Lipinski definition) is 1. The fourth-order valence-electron chi connectivity index (χ4n) is 4.80. The second-order valence-electron chi connectivity index (χ2n) is 7.59. The molecule has 1 saturated carbocycles. The molecule has 0 bridgehead atoms. The van der Waals surface area contributed by atoms with E-state index in [2.05, 4.69) is 4.98 Å². The number of aromatic nitrogens is 1. The number of anilines is 1. The van der Waals surface area contributed by atoms with E-state index in [4.69, 9.17) is 0 Å². The molecule has 0 amide bonds. The van der Waals surface area contributed by atoms with Crippen LogP contribution in [0.2, 0.25) is 0 Å². The van der Waals surface area contributed by atoms with Crippen LogP contribution in [0.3, 0.4) is 0 Å². The lowest BCUT2D eigenvalue weighted by molar-refractivity contribution is -0.137. The largest absolute Gasteiger partial charge is 0.416 e. The van der Waals surface area contributed by atoms with Gasteiger partial charge >= 0.3 is 6.18 Å². The third-order valence-corrected chi connectivity index (χ3v) is 6.12. The number of rotatable bonds is 2. The quantitative estimate of drug-likeness (QED) is 0.821. The molecule has 1 unspecified atom stereocenters. The molecule has 0 radical (unpaired) electrons. The summed E-state index contributed by atoms with van der Waals surface area (Å²) in [6, 6.07) is 11.8. The van der Waals surface area contributed by atoms with Crippen LogP contribution in [0.25, 0.3) is 0 Å². The van der Waals surface area contributed by atoms with E-state index in [1.807, 2.05) is 35.2 Å². The van der Waals surface area contributed by atoms with E-state index in [1.165, 1.54) is 6.20 Å². The summed E-state index contributed by atoms with van der Waals surface area (Å²) >= 11 is 0. The number of fused-ring (bicyclic) bond motifs is 1. The SMILES string of the molecule is OC1(c2ccccc2)CCN(c2cc(C(F)(F)F)ccn2)[C@@H]2CCCC[C@@H]21. The van der Waals surface area contributed by atoms with Crippen molar-refractivity contribution in [3.8, 4) is 0 Å². The predicted molar refractivity (Wildman–Crippen MR) is 97.3 cm³/mol. The van der Waals surface area contributed by atoms with Gasteiger partial charge in [0, 0.05) is 24.7 Å². The van der Waals surface area contributed by atoms with Gasteiger partial charge in [0.25, 0.3) is 0 Å². The average molecular weight is 376 g/mol. The molecule has 1 N–H and O–H groups in total. The van der Waals surface area contributed by atoms with Gasteiger partial charge in [-0.25, -0.2) is 4.98 Å². The number of benzene rings is 1. The molecule has 3 atom stereocenters. The number of alkyl halides is 3. The number of halogens is 3. The lowest BCUT2D eigenvalue weighted by Gasteiger charge is -2.53. The summed E-state index contributed by atoms with van der Waals surface area (Å²) in [5.41, 5.74) is -0.716. The van der Waals surface area contributed by atoms with Crippen molar-refractivity contribution >= 4 is 5.82 Å². The third kappa shape index (κ3) is 3.31. The Balaban J connectivity index is 1.68. The first kappa shape index (κ1) is 18.3. The molecule has 4 rings (SSSR count). The zero-order chi connectivity index (χ0) is 19.1. The molecule has 1 saturated heterocycles. The van der Waals surface area contributed by atoms with Crippen molar-refractivity contribution in [1.29, 1.82) is 0 Å². The van der Waals surface area contributed by atoms with Gasteiger partial charge in [0.05, 0.1) is 11.2 Å². The van der Waals surface area contributed by atoms with E-state index in [0.29, 0.717) is 18.8 Å². The number of pyridine rings is 1. The van der Waals surface area contributed by atoms with Gasteiger partial charge in [0.2, 0.25) is 0 Å². The van der Waals surface area contributed by atoms with Crippen LogP contribution in [0, 0.1) is 5.92 Å². The maximum absolute atomic E-state index is 13.1. The highest BCUT2D eigenvalue weighted by Gasteiger charge is 2.49. The maximum atomic E-state index is 13.1. The van der Waals surface area contributed by atoms with Crippen molar-refractivity contribution in [2.75, 3.05) is 11.4 Å². The minimum Gasteiger partial charge on any atom is -0.385 e. The maximum Gasteiger partial charge on any atom is 0.416 e.